The molecule has 3 rings (SSSR count). The highest BCUT2D eigenvalue weighted by atomic mass is 19.1. The summed E-state index contributed by atoms with van der Waals surface area (Å²) in [5, 5.41) is 2.94. The molecule has 1 aromatic heterocycles. The van der Waals surface area contributed by atoms with Crippen molar-refractivity contribution in [1.29, 1.82) is 0 Å². The van der Waals surface area contributed by atoms with Gasteiger partial charge in [-0.25, -0.2) is 9.37 Å². The van der Waals surface area contributed by atoms with Gasteiger partial charge in [-0.1, -0.05) is 12.1 Å². The van der Waals surface area contributed by atoms with Crippen LogP contribution in [0.25, 0.3) is 0 Å². The summed E-state index contributed by atoms with van der Waals surface area (Å²) in [6.07, 6.45) is 5.78. The zero-order valence-electron chi connectivity index (χ0n) is 11.0. The van der Waals surface area contributed by atoms with Gasteiger partial charge in [0.1, 0.15) is 11.6 Å². The molecule has 1 fully saturated rings. The molecule has 1 aromatic carbocycles. The number of carbonyl (C=O) groups excluding carboxylic acids is 1. The van der Waals surface area contributed by atoms with E-state index < -0.39 is 5.41 Å². The third-order valence-electron chi connectivity index (χ3n) is 3.78. The van der Waals surface area contributed by atoms with Crippen LogP contribution in [0.3, 0.4) is 0 Å². The normalized spacial score (nSPS) is 15.8. The SMILES string of the molecule is O=C(NCCc1ncc[nH]1)C1(c2ccc(F)cc2)CC1. The third-order valence-corrected chi connectivity index (χ3v) is 3.78. The van der Waals surface area contributed by atoms with Crippen LogP contribution in [-0.4, -0.2) is 22.4 Å². The topological polar surface area (TPSA) is 57.8 Å². The number of benzene rings is 1. The average Bonchev–Trinajstić information content (AvgIpc) is 3.10. The van der Waals surface area contributed by atoms with E-state index in [4.69, 9.17) is 0 Å². The lowest BCUT2D eigenvalue weighted by Crippen LogP contribution is -2.36. The number of hydrogen-bond donors (Lipinski definition) is 2. The van der Waals surface area contributed by atoms with Gasteiger partial charge in [0.05, 0.1) is 5.41 Å². The molecule has 0 spiro atoms. The molecule has 20 heavy (non-hydrogen) atoms. The molecule has 0 radical (unpaired) electrons. The summed E-state index contributed by atoms with van der Waals surface area (Å²) in [5.41, 5.74) is 0.450. The molecule has 2 aromatic rings. The Hall–Kier alpha value is -2.17. The van der Waals surface area contributed by atoms with Crippen LogP contribution in [-0.2, 0) is 16.6 Å². The Kier molecular flexibility index (Phi) is 3.26. The fourth-order valence-electron chi connectivity index (χ4n) is 2.44. The largest absolute Gasteiger partial charge is 0.355 e. The number of amides is 1. The van der Waals surface area contributed by atoms with Gasteiger partial charge in [0, 0.05) is 25.4 Å². The van der Waals surface area contributed by atoms with E-state index in [9.17, 15) is 9.18 Å². The van der Waals surface area contributed by atoms with Crippen molar-refractivity contribution in [2.75, 3.05) is 6.54 Å². The van der Waals surface area contributed by atoms with Crippen LogP contribution in [0.5, 0.6) is 0 Å². The van der Waals surface area contributed by atoms with E-state index in [2.05, 4.69) is 15.3 Å². The summed E-state index contributed by atoms with van der Waals surface area (Å²) < 4.78 is 12.9. The van der Waals surface area contributed by atoms with Gasteiger partial charge in [0.25, 0.3) is 0 Å². The van der Waals surface area contributed by atoms with E-state index >= 15 is 0 Å². The molecule has 2 N–H and O–H groups in total. The molecule has 0 saturated heterocycles. The number of H-pyrrole nitrogens is 1. The molecule has 0 aliphatic heterocycles. The van der Waals surface area contributed by atoms with Crippen LogP contribution in [0.15, 0.2) is 36.7 Å². The maximum absolute atomic E-state index is 12.9. The number of nitrogens with zero attached hydrogens (tertiary/aromatic N) is 1. The van der Waals surface area contributed by atoms with E-state index in [0.717, 1.165) is 24.2 Å². The summed E-state index contributed by atoms with van der Waals surface area (Å²) in [7, 11) is 0. The van der Waals surface area contributed by atoms with E-state index in [0.29, 0.717) is 13.0 Å². The first-order chi connectivity index (χ1) is 9.71. The minimum atomic E-state index is -0.448. The molecule has 0 atom stereocenters. The molecule has 1 saturated carbocycles. The number of nitrogens with one attached hydrogen (secondary N) is 2. The predicted molar refractivity (Wildman–Crippen MR) is 72.6 cm³/mol. The second-order valence-electron chi connectivity index (χ2n) is 5.13. The van der Waals surface area contributed by atoms with Gasteiger partial charge < -0.3 is 10.3 Å². The second kappa shape index (κ2) is 5.07. The highest BCUT2D eigenvalue weighted by Crippen LogP contribution is 2.48. The minimum Gasteiger partial charge on any atom is -0.355 e. The van der Waals surface area contributed by atoms with Gasteiger partial charge >= 0.3 is 0 Å². The second-order valence-corrected chi connectivity index (χ2v) is 5.13. The Morgan fingerprint density at radius 3 is 2.70 bits per heavy atom. The number of rotatable bonds is 5. The summed E-state index contributed by atoms with van der Waals surface area (Å²) in [6, 6.07) is 6.22. The molecule has 4 nitrogen and oxygen atoms in total. The number of hydrogen-bond acceptors (Lipinski definition) is 2. The summed E-state index contributed by atoms with van der Waals surface area (Å²) in [6.45, 7) is 0.551. The standard InChI is InChI=1S/C15H16FN3O/c16-12-3-1-11(2-4-12)15(6-7-15)14(20)19-8-5-13-17-9-10-18-13/h1-4,9-10H,5-8H2,(H,17,18)(H,19,20). The van der Waals surface area contributed by atoms with Gasteiger partial charge in [0.2, 0.25) is 5.91 Å². The van der Waals surface area contributed by atoms with Gasteiger partial charge in [0.15, 0.2) is 0 Å². The van der Waals surface area contributed by atoms with E-state index in [1.54, 1.807) is 24.5 Å². The first-order valence-corrected chi connectivity index (χ1v) is 6.73. The molecular formula is C15H16FN3O. The highest BCUT2D eigenvalue weighted by Gasteiger charge is 2.50. The van der Waals surface area contributed by atoms with Crippen LogP contribution >= 0.6 is 0 Å². The first kappa shape index (κ1) is 12.8. The monoisotopic (exact) mass is 273 g/mol. The summed E-state index contributed by atoms with van der Waals surface area (Å²) >= 11 is 0. The molecule has 0 unspecified atom stereocenters. The van der Waals surface area contributed by atoms with Gasteiger partial charge in [-0.3, -0.25) is 4.79 Å². The summed E-state index contributed by atoms with van der Waals surface area (Å²) in [4.78, 5) is 19.4. The lowest BCUT2D eigenvalue weighted by atomic mass is 9.95. The Morgan fingerprint density at radius 2 is 2.10 bits per heavy atom. The number of carbonyl (C=O) groups is 1. The molecule has 5 heteroatoms. The van der Waals surface area contributed by atoms with Crippen molar-refractivity contribution < 1.29 is 9.18 Å². The van der Waals surface area contributed by atoms with E-state index in [1.807, 2.05) is 0 Å². The molecular weight excluding hydrogens is 257 g/mol. The Balaban J connectivity index is 1.60. The number of aromatic nitrogens is 2. The number of aromatic amines is 1. The number of halogens is 1. The van der Waals surface area contributed by atoms with Crippen LogP contribution in [0.2, 0.25) is 0 Å². The molecule has 1 heterocycles. The van der Waals surface area contributed by atoms with Crippen LogP contribution in [0, 0.1) is 5.82 Å². The fourth-order valence-corrected chi connectivity index (χ4v) is 2.44. The quantitative estimate of drug-likeness (QED) is 0.874. The maximum atomic E-state index is 12.9. The van der Waals surface area contributed by atoms with Gasteiger partial charge in [-0.2, -0.15) is 0 Å². The number of imidazole rings is 1. The third kappa shape index (κ3) is 2.43. The highest BCUT2D eigenvalue weighted by molar-refractivity contribution is 5.91. The molecule has 0 bridgehead atoms. The van der Waals surface area contributed by atoms with Gasteiger partial charge in [-0.05, 0) is 30.5 Å². The first-order valence-electron chi connectivity index (χ1n) is 6.73. The van der Waals surface area contributed by atoms with Crippen molar-refractivity contribution in [2.24, 2.45) is 0 Å². The van der Waals surface area contributed by atoms with Crippen molar-refractivity contribution in [2.45, 2.75) is 24.7 Å². The van der Waals surface area contributed by atoms with Crippen LogP contribution in [0.1, 0.15) is 24.2 Å². The van der Waals surface area contributed by atoms with Crippen molar-refractivity contribution in [3.63, 3.8) is 0 Å². The zero-order valence-corrected chi connectivity index (χ0v) is 11.0. The Labute approximate surface area is 116 Å². The minimum absolute atomic E-state index is 0.0238. The Bertz CT molecular complexity index is 588. The predicted octanol–water partition coefficient (Wildman–Crippen LogP) is 1.94. The molecule has 1 aliphatic carbocycles. The molecule has 1 amide bonds. The van der Waals surface area contributed by atoms with E-state index in [1.165, 1.54) is 12.1 Å². The fraction of sp³-hybridized carbons (Fsp3) is 0.333. The van der Waals surface area contributed by atoms with Crippen molar-refractivity contribution in [3.8, 4) is 0 Å². The summed E-state index contributed by atoms with van der Waals surface area (Å²) in [5.74, 6) is 0.607. The zero-order chi connectivity index (χ0) is 14.0. The van der Waals surface area contributed by atoms with Crippen molar-refractivity contribution in [3.05, 3.63) is 53.9 Å². The smallest absolute Gasteiger partial charge is 0.230 e. The lowest BCUT2D eigenvalue weighted by molar-refractivity contribution is -0.123. The van der Waals surface area contributed by atoms with Crippen molar-refractivity contribution in [1.82, 2.24) is 15.3 Å². The lowest BCUT2D eigenvalue weighted by Gasteiger charge is -2.15. The Morgan fingerprint density at radius 1 is 1.35 bits per heavy atom. The van der Waals surface area contributed by atoms with Gasteiger partial charge in [-0.15, -0.1) is 0 Å². The van der Waals surface area contributed by atoms with Crippen LogP contribution in [0.4, 0.5) is 4.39 Å². The van der Waals surface area contributed by atoms with E-state index in [-0.39, 0.29) is 11.7 Å². The maximum Gasteiger partial charge on any atom is 0.230 e. The van der Waals surface area contributed by atoms with Crippen LogP contribution < -0.4 is 5.32 Å². The van der Waals surface area contributed by atoms with Crippen molar-refractivity contribution >= 4 is 5.91 Å². The molecule has 104 valence electrons. The average molecular weight is 273 g/mol. The molecule has 1 aliphatic rings.